The first kappa shape index (κ1) is 64.9. The van der Waals surface area contributed by atoms with Crippen LogP contribution in [0.1, 0.15) is 255 Å². The van der Waals surface area contributed by atoms with E-state index in [1.165, 1.54) is 154 Å². The van der Waals surface area contributed by atoms with Crippen molar-refractivity contribution in [3.05, 3.63) is 0 Å². The smallest absolute Gasteiger partial charge is 0.549 e. The van der Waals surface area contributed by atoms with E-state index in [4.69, 9.17) is 0 Å². The molecule has 3 atom stereocenters. The SMILES string of the molecule is CCCCCCCCCCCC(C)(C)C(S)C(=O)[O-].CCCCCCCCCCCC(C)(C)C(S)C(=O)[O-].CCCCCCCCCCCC(C)(C)C(S)C(=O)[O-].[Sb+3]. The second-order valence-corrected chi connectivity index (χ2v) is 20.4. The van der Waals surface area contributed by atoms with Crippen molar-refractivity contribution in [2.45, 2.75) is 271 Å². The molecule has 0 aromatic heterocycles. The van der Waals surface area contributed by atoms with E-state index in [2.05, 4.69) is 58.7 Å². The molecule has 0 saturated carbocycles. The molecule has 0 rings (SSSR count). The van der Waals surface area contributed by atoms with E-state index >= 15 is 0 Å². The van der Waals surface area contributed by atoms with Crippen LogP contribution in [0.3, 0.4) is 0 Å². The summed E-state index contributed by atoms with van der Waals surface area (Å²) in [5.74, 6) is -3.15. The van der Waals surface area contributed by atoms with Gasteiger partial charge >= 0.3 is 24.4 Å². The minimum absolute atomic E-state index is 0. The second kappa shape index (κ2) is 41.3. The topological polar surface area (TPSA) is 120 Å². The monoisotopic (exact) mass is 983 g/mol. The summed E-state index contributed by atoms with van der Waals surface area (Å²) in [4.78, 5) is 32.5. The van der Waals surface area contributed by atoms with Gasteiger partial charge in [0, 0.05) is 15.7 Å². The molecular weight excluding hydrogens is 890 g/mol. The third kappa shape index (κ3) is 39.1. The fourth-order valence-electron chi connectivity index (χ4n) is 7.04. The van der Waals surface area contributed by atoms with Crippen molar-refractivity contribution >= 4 is 80.2 Å². The number of carboxylic acid groups (broad SMARTS) is 3. The van der Waals surface area contributed by atoms with Crippen LogP contribution in [0.25, 0.3) is 0 Å². The van der Waals surface area contributed by atoms with E-state index in [1.54, 1.807) is 0 Å². The predicted octanol–water partition coefficient (Wildman–Crippen LogP) is 11.6. The Bertz CT molecular complexity index is 843. The zero-order chi connectivity index (χ0) is 44.2. The Hall–Kier alpha value is 0.278. The van der Waals surface area contributed by atoms with Crippen LogP contribution in [-0.2, 0) is 14.4 Å². The molecule has 0 amide bonds. The molecule has 0 aromatic rings. The third-order valence-corrected chi connectivity index (χ3v) is 14.4. The fourth-order valence-corrected chi connectivity index (χ4v) is 7.43. The Morgan fingerprint density at radius 3 is 0.621 bits per heavy atom. The van der Waals surface area contributed by atoms with Gasteiger partial charge in [-0.05, 0) is 35.5 Å². The number of rotatable bonds is 36. The number of carbonyl (C=O) groups is 3. The fraction of sp³-hybridized carbons (Fsp3) is 0.938. The van der Waals surface area contributed by atoms with E-state index in [9.17, 15) is 29.7 Å². The van der Waals surface area contributed by atoms with Gasteiger partial charge < -0.3 is 29.7 Å². The van der Waals surface area contributed by atoms with E-state index in [0.29, 0.717) is 0 Å². The number of aliphatic carboxylic acids is 3. The molecule has 0 saturated heterocycles. The molecular formula is C48H93O6S3Sb. The zero-order valence-corrected chi connectivity index (χ0v) is 44.4. The Labute approximate surface area is 394 Å². The number of carbonyl (C=O) groups excluding carboxylic acids is 3. The van der Waals surface area contributed by atoms with E-state index < -0.39 is 33.7 Å². The molecule has 0 heterocycles. The number of unbranched alkanes of at least 4 members (excludes halogenated alkanes) is 24. The molecule has 2 radical (unpaired) electrons. The van der Waals surface area contributed by atoms with Crippen LogP contribution in [0.5, 0.6) is 0 Å². The molecule has 0 aliphatic rings. The summed E-state index contributed by atoms with van der Waals surface area (Å²) in [5, 5.41) is 30.5. The molecule has 344 valence electrons. The van der Waals surface area contributed by atoms with Gasteiger partial charge in [-0.25, -0.2) is 0 Å². The average Bonchev–Trinajstić information content (AvgIpc) is 3.15. The summed E-state index contributed by atoms with van der Waals surface area (Å²) < 4.78 is 0. The zero-order valence-electron chi connectivity index (χ0n) is 39.2. The van der Waals surface area contributed by atoms with Gasteiger partial charge in [0.25, 0.3) is 0 Å². The number of thiol groups is 3. The first-order chi connectivity index (χ1) is 26.7. The van der Waals surface area contributed by atoms with Gasteiger partial charge in [0.2, 0.25) is 0 Å². The third-order valence-electron chi connectivity index (χ3n) is 11.7. The maximum Gasteiger partial charge on any atom is 3.00 e. The number of hydrogen-bond acceptors (Lipinski definition) is 9. The summed E-state index contributed by atoms with van der Waals surface area (Å²) in [6.45, 7) is 18.5. The van der Waals surface area contributed by atoms with Crippen LogP contribution in [0.2, 0.25) is 0 Å². The Morgan fingerprint density at radius 2 is 0.483 bits per heavy atom. The first-order valence-electron chi connectivity index (χ1n) is 23.4. The van der Waals surface area contributed by atoms with Crippen LogP contribution in [0.15, 0.2) is 0 Å². The summed E-state index contributed by atoms with van der Waals surface area (Å²) in [7, 11) is 0. The van der Waals surface area contributed by atoms with Crippen LogP contribution in [0, 0.1) is 16.2 Å². The molecule has 0 bridgehead atoms. The van der Waals surface area contributed by atoms with Gasteiger partial charge in [0.15, 0.2) is 0 Å². The normalized spacial score (nSPS) is 13.2. The molecule has 3 unspecified atom stereocenters. The van der Waals surface area contributed by atoms with Crippen LogP contribution >= 0.6 is 37.9 Å². The Morgan fingerprint density at radius 1 is 0.345 bits per heavy atom. The number of carboxylic acids is 3. The quantitative estimate of drug-likeness (QED) is 0.0327. The standard InChI is InChI=1S/3C16H32O2S.Sb/c3*1-4-5-6-7-8-9-10-11-12-13-16(2,3)14(19)15(17)18;/h3*14,19H,4-13H2,1-3H3,(H,17,18);/q;;;+3/p-3. The van der Waals surface area contributed by atoms with Crippen molar-refractivity contribution in [3.63, 3.8) is 0 Å². The van der Waals surface area contributed by atoms with Crippen molar-refractivity contribution in [1.29, 1.82) is 0 Å². The van der Waals surface area contributed by atoms with Crippen molar-refractivity contribution in [2.75, 3.05) is 0 Å². The maximum absolute atomic E-state index is 10.8. The predicted molar refractivity (Wildman–Crippen MR) is 256 cm³/mol. The van der Waals surface area contributed by atoms with Gasteiger partial charge in [-0.1, -0.05) is 236 Å². The molecule has 0 spiro atoms. The average molecular weight is 984 g/mol. The Balaban J connectivity index is -0.000000374. The van der Waals surface area contributed by atoms with Crippen molar-refractivity contribution in [2.24, 2.45) is 16.2 Å². The first-order valence-corrected chi connectivity index (χ1v) is 25.0. The van der Waals surface area contributed by atoms with Crippen LogP contribution in [-0.4, -0.2) is 58.1 Å². The molecule has 0 fully saturated rings. The Kier molecular flexibility index (Phi) is 46.2. The molecule has 10 heteroatoms. The van der Waals surface area contributed by atoms with Crippen molar-refractivity contribution in [1.82, 2.24) is 0 Å². The summed E-state index contributed by atoms with van der Waals surface area (Å²) in [6, 6.07) is 0. The van der Waals surface area contributed by atoms with Crippen LogP contribution in [0.4, 0.5) is 0 Å². The molecule has 6 nitrogen and oxygen atoms in total. The summed E-state index contributed by atoms with van der Waals surface area (Å²) in [6.07, 6.45) is 37.6. The van der Waals surface area contributed by atoms with E-state index in [0.717, 1.165) is 38.5 Å². The van der Waals surface area contributed by atoms with Crippen molar-refractivity contribution < 1.29 is 29.7 Å². The van der Waals surface area contributed by atoms with Gasteiger partial charge in [0.1, 0.15) is 0 Å². The number of hydrogen-bond donors (Lipinski definition) is 3. The van der Waals surface area contributed by atoms with E-state index in [1.807, 2.05) is 41.5 Å². The second-order valence-electron chi connectivity index (χ2n) is 18.9. The van der Waals surface area contributed by atoms with Crippen molar-refractivity contribution in [3.8, 4) is 0 Å². The van der Waals surface area contributed by atoms with Crippen LogP contribution < -0.4 is 15.3 Å². The molecule has 0 aliphatic heterocycles. The van der Waals surface area contributed by atoms with Gasteiger partial charge in [-0.2, -0.15) is 37.9 Å². The van der Waals surface area contributed by atoms with Gasteiger partial charge in [-0.3, -0.25) is 0 Å². The molecule has 0 aromatic carbocycles. The minimum atomic E-state index is -1.05. The largest absolute Gasteiger partial charge is 3.00 e. The summed E-state index contributed by atoms with van der Waals surface area (Å²) in [5.41, 5.74) is -0.824. The van der Waals surface area contributed by atoms with E-state index in [-0.39, 0.29) is 40.7 Å². The van der Waals surface area contributed by atoms with Gasteiger partial charge in [-0.15, -0.1) is 0 Å². The molecule has 0 aliphatic carbocycles. The molecule has 0 N–H and O–H groups in total. The van der Waals surface area contributed by atoms with Gasteiger partial charge in [0.05, 0.1) is 17.9 Å². The maximum atomic E-state index is 10.8. The summed E-state index contributed by atoms with van der Waals surface area (Å²) >= 11 is 12.4. The minimum Gasteiger partial charge on any atom is -0.549 e. The molecule has 58 heavy (non-hydrogen) atoms.